The largest absolute Gasteiger partial charge is 0.458 e. The number of ketones is 1. The molecule has 0 unspecified atom stereocenters. The number of fused-ring (bicyclic) bond motifs is 5. The first-order valence-electron chi connectivity index (χ1n) is 28.2. The minimum absolute atomic E-state index is 0.00123. The fourth-order valence-corrected chi connectivity index (χ4v) is 9.54. The fraction of sp³-hybridized carbons (Fsp3) is 0.525. The second-order valence-corrected chi connectivity index (χ2v) is 21.3. The van der Waals surface area contributed by atoms with Gasteiger partial charge in [0, 0.05) is 94.5 Å². The average molecular weight is 1150 g/mol. The van der Waals surface area contributed by atoms with Crippen molar-refractivity contribution in [3.05, 3.63) is 86.7 Å². The predicted molar refractivity (Wildman–Crippen MR) is 306 cm³/mol. The quantitative estimate of drug-likeness (QED) is 0.0255. The first-order chi connectivity index (χ1) is 39.6. The minimum Gasteiger partial charge on any atom is -0.458 e. The van der Waals surface area contributed by atoms with E-state index in [1.165, 1.54) is 23.9 Å². The number of aryl methyl sites for hydroxylation is 1. The van der Waals surface area contributed by atoms with Crippen LogP contribution in [0.5, 0.6) is 5.75 Å². The van der Waals surface area contributed by atoms with Crippen molar-refractivity contribution in [1.82, 2.24) is 35.3 Å². The smallest absolute Gasteiger partial charge is 0.415 e. The Balaban J connectivity index is 0.952. The van der Waals surface area contributed by atoms with Gasteiger partial charge in [-0.25, -0.2) is 24.2 Å². The number of carbonyl (C=O) groups is 8. The lowest BCUT2D eigenvalue weighted by Gasteiger charge is -2.31. The van der Waals surface area contributed by atoms with E-state index in [2.05, 4.69) is 21.3 Å². The molecule has 0 fully saturated rings. The number of carbonyl (C=O) groups excluding carboxylic acids is 8. The van der Waals surface area contributed by atoms with E-state index < -0.39 is 59.6 Å². The van der Waals surface area contributed by atoms with E-state index in [1.54, 1.807) is 73.9 Å². The van der Waals surface area contributed by atoms with E-state index in [1.807, 2.05) is 20.8 Å². The second kappa shape index (κ2) is 29.8. The number of pyridine rings is 2. The molecular formula is C59H79N9O15. The summed E-state index contributed by atoms with van der Waals surface area (Å²) in [4.78, 5) is 123. The number of urea groups is 1. The van der Waals surface area contributed by atoms with Crippen LogP contribution in [0, 0.1) is 11.8 Å². The van der Waals surface area contributed by atoms with Crippen LogP contribution in [-0.2, 0) is 74.7 Å². The van der Waals surface area contributed by atoms with Crippen LogP contribution in [-0.4, -0.2) is 144 Å². The zero-order valence-electron chi connectivity index (χ0n) is 48.7. The molecule has 0 saturated heterocycles. The molecule has 0 bridgehead atoms. The maximum absolute atomic E-state index is 13.8. The Bertz CT molecular complexity index is 3070. The number of hydrogen-bond donors (Lipinski definition) is 6. The topological polar surface area (TPSA) is 318 Å². The summed E-state index contributed by atoms with van der Waals surface area (Å²) in [6.07, 6.45) is 1.42. The Morgan fingerprint density at radius 2 is 1.52 bits per heavy atom. The molecule has 2 aliphatic heterocycles. The van der Waals surface area contributed by atoms with Crippen LogP contribution in [0.25, 0.3) is 22.3 Å². The van der Waals surface area contributed by atoms with Gasteiger partial charge in [-0.1, -0.05) is 53.7 Å². The third kappa shape index (κ3) is 16.8. The molecule has 24 heteroatoms. The van der Waals surface area contributed by atoms with Crippen molar-refractivity contribution in [3.8, 4) is 17.1 Å². The summed E-state index contributed by atoms with van der Waals surface area (Å²) in [5, 5.41) is 22.8. The molecule has 2 aliphatic rings. The summed E-state index contributed by atoms with van der Waals surface area (Å²) in [5.41, 5.74) is 7.70. The minimum atomic E-state index is -1.95. The van der Waals surface area contributed by atoms with Gasteiger partial charge < -0.3 is 70.2 Å². The van der Waals surface area contributed by atoms with E-state index in [0.29, 0.717) is 73.7 Å². The molecule has 0 aliphatic carbocycles. The number of rotatable bonds is 30. The van der Waals surface area contributed by atoms with Gasteiger partial charge in [0.05, 0.1) is 35.6 Å². The van der Waals surface area contributed by atoms with Crippen molar-refractivity contribution in [2.24, 2.45) is 17.6 Å². The lowest BCUT2D eigenvalue weighted by molar-refractivity contribution is -0.172. The first-order valence-corrected chi connectivity index (χ1v) is 28.2. The number of aliphatic hydroxyl groups is 1. The molecule has 7 amide bonds. The van der Waals surface area contributed by atoms with Crippen LogP contribution in [0.2, 0.25) is 0 Å². The number of anilines is 1. The predicted octanol–water partition coefficient (Wildman–Crippen LogP) is 5.17. The zero-order valence-corrected chi connectivity index (χ0v) is 48.7. The van der Waals surface area contributed by atoms with Crippen LogP contribution in [0.1, 0.15) is 114 Å². The number of benzene rings is 2. The number of nitrogens with two attached hydrogens (primary N) is 1. The highest BCUT2D eigenvalue weighted by atomic mass is 16.6. The maximum Gasteiger partial charge on any atom is 0.415 e. The second-order valence-electron chi connectivity index (χ2n) is 21.3. The van der Waals surface area contributed by atoms with Gasteiger partial charge in [-0.15, -0.1) is 0 Å². The number of hydrogen-bond acceptors (Lipinski definition) is 16. The van der Waals surface area contributed by atoms with Crippen molar-refractivity contribution in [2.45, 2.75) is 130 Å². The monoisotopic (exact) mass is 1150 g/mol. The van der Waals surface area contributed by atoms with Gasteiger partial charge in [0.2, 0.25) is 17.7 Å². The van der Waals surface area contributed by atoms with E-state index >= 15 is 0 Å². The normalized spacial score (nSPS) is 14.9. The molecule has 4 aromatic rings. The van der Waals surface area contributed by atoms with Crippen LogP contribution in [0.3, 0.4) is 0 Å². The van der Waals surface area contributed by atoms with Gasteiger partial charge in [-0.3, -0.25) is 24.0 Å². The number of amides is 7. The van der Waals surface area contributed by atoms with Gasteiger partial charge in [-0.05, 0) is 92.0 Å². The van der Waals surface area contributed by atoms with Crippen molar-refractivity contribution in [1.29, 1.82) is 0 Å². The summed E-state index contributed by atoms with van der Waals surface area (Å²) in [6.45, 7) is 12.5. The van der Waals surface area contributed by atoms with Crippen LogP contribution in [0.4, 0.5) is 20.1 Å². The molecule has 3 atom stereocenters. The number of aromatic nitrogens is 2. The summed E-state index contributed by atoms with van der Waals surface area (Å²) in [6, 6.07) is 10.4. The number of primary amides is 1. The van der Waals surface area contributed by atoms with Crippen molar-refractivity contribution < 1.29 is 67.1 Å². The third-order valence-electron chi connectivity index (χ3n) is 14.6. The standard InChI is InChI=1S/C59H79N9O15/c1-9-40-41-30-39(20-21-45(41)63-51-42(40)32-68-47(51)31-44-43(54(68)73)34-81-55(74)59(44,78)10-2)83-58(77)67(8)25-24-66(7)57(76)82-33-37-16-18-38(19-17-37)62-52(71)46(14-11-23-61-56(60)75)64-53(72)50(36(5)6)65-49(70)22-29-80-28-13-27-79-26-12-15-48(69)35(3)4/h16-21,30-31,35-36,46,50,78H,9-15,22-29,32-34H2,1-8H3,(H,62,71)(H,64,72)(H,65,70)(H3,60,61,75)/t46-,50-,59-/m0/s1. The Kier molecular flexibility index (Phi) is 23.1. The highest BCUT2D eigenvalue weighted by molar-refractivity contribution is 5.98. The molecule has 0 saturated carbocycles. The molecule has 4 heterocycles. The van der Waals surface area contributed by atoms with E-state index in [4.69, 9.17) is 34.4 Å². The molecule has 2 aromatic carbocycles. The van der Waals surface area contributed by atoms with Crippen LogP contribution >= 0.6 is 0 Å². The molecule has 83 heavy (non-hydrogen) atoms. The van der Waals surface area contributed by atoms with E-state index in [9.17, 15) is 48.3 Å². The summed E-state index contributed by atoms with van der Waals surface area (Å²) < 4.78 is 29.2. The lowest BCUT2D eigenvalue weighted by atomic mass is 9.86. The van der Waals surface area contributed by atoms with Gasteiger partial charge >= 0.3 is 24.2 Å². The Morgan fingerprint density at radius 1 is 0.831 bits per heavy atom. The van der Waals surface area contributed by atoms with Crippen molar-refractivity contribution in [3.63, 3.8) is 0 Å². The Hall–Kier alpha value is -7.96. The molecule has 0 radical (unpaired) electrons. The number of likely N-dealkylation sites (N-methyl/N-ethyl adjacent to an activating group) is 2. The van der Waals surface area contributed by atoms with Gasteiger partial charge in [-0.2, -0.15) is 0 Å². The summed E-state index contributed by atoms with van der Waals surface area (Å²) in [5.74, 6) is -2.21. The lowest BCUT2D eigenvalue weighted by Crippen LogP contribution is -2.54. The van der Waals surface area contributed by atoms with Gasteiger partial charge in [0.25, 0.3) is 5.56 Å². The first kappa shape index (κ1) is 64.2. The summed E-state index contributed by atoms with van der Waals surface area (Å²) in [7, 11) is 3.06. The number of cyclic esters (lactones) is 1. The fourth-order valence-electron chi connectivity index (χ4n) is 9.54. The number of nitrogens with one attached hydrogen (secondary N) is 4. The van der Waals surface area contributed by atoms with Crippen molar-refractivity contribution >= 4 is 64.3 Å². The summed E-state index contributed by atoms with van der Waals surface area (Å²) >= 11 is 0. The molecule has 2 aromatic heterocycles. The van der Waals surface area contributed by atoms with Gasteiger partial charge in [0.1, 0.15) is 36.8 Å². The third-order valence-corrected chi connectivity index (χ3v) is 14.6. The zero-order chi connectivity index (χ0) is 60.5. The highest BCUT2D eigenvalue weighted by Crippen LogP contribution is 2.41. The molecule has 7 N–H and O–H groups in total. The maximum atomic E-state index is 13.8. The highest BCUT2D eigenvalue weighted by Gasteiger charge is 2.45. The molecule has 6 rings (SSSR count). The number of Topliss-reactive ketones (excluding diaryl/α,β-unsaturated/α-hetero) is 1. The number of esters is 1. The van der Waals surface area contributed by atoms with Crippen molar-refractivity contribution in [2.75, 3.05) is 65.5 Å². The van der Waals surface area contributed by atoms with Gasteiger partial charge in [0.15, 0.2) is 5.60 Å². The SMILES string of the molecule is CCc1c2c(nc3ccc(OC(=O)N(C)CCN(C)C(=O)OCc4ccc(NC(=O)[C@H](CCCNC(N)=O)NC(=O)[C@@H](NC(=O)CCOCCCOCCCC(=O)C(C)C)C(C)C)cc4)cc13)-c1cc3c(c(=O)n1C2)COC(=O)[C@]3(O)CC. The molecule has 0 spiro atoms. The number of nitrogens with zero attached hydrogens (tertiary/aromatic N) is 4. The Morgan fingerprint density at radius 3 is 2.18 bits per heavy atom. The Labute approximate surface area is 482 Å². The molecule has 24 nitrogen and oxygen atoms in total. The molecular weight excluding hydrogens is 1070 g/mol. The average Bonchev–Trinajstić information content (AvgIpc) is 4.12. The van der Waals surface area contributed by atoms with Crippen LogP contribution in [0.15, 0.2) is 53.3 Å². The van der Waals surface area contributed by atoms with E-state index in [0.717, 1.165) is 16.5 Å². The molecule has 450 valence electrons. The van der Waals surface area contributed by atoms with E-state index in [-0.39, 0.29) is 112 Å². The van der Waals surface area contributed by atoms with Crippen LogP contribution < -0.4 is 37.3 Å². The number of ether oxygens (including phenoxy) is 5.